The summed E-state index contributed by atoms with van der Waals surface area (Å²) in [4.78, 5) is 28.3. The maximum absolute atomic E-state index is 12.8. The minimum Gasteiger partial charge on any atom is -0.478 e. The third kappa shape index (κ3) is 3.45. The molecule has 162 valence electrons. The van der Waals surface area contributed by atoms with Crippen LogP contribution in [0.3, 0.4) is 0 Å². The second-order valence-electron chi connectivity index (χ2n) is 7.54. The number of pyridine rings is 1. The van der Waals surface area contributed by atoms with E-state index in [4.69, 9.17) is 19.1 Å². The monoisotopic (exact) mass is 433 g/mol. The number of hydrogen-bond acceptors (Lipinski definition) is 7. The van der Waals surface area contributed by atoms with Gasteiger partial charge in [-0.2, -0.15) is 5.10 Å². The first kappa shape index (κ1) is 19.7. The SMILES string of the molecule is Cc1c(C(=O)NCc2nocc2C(=O)O)oc2c1-c1nn(Cc3ccccn3)cc1CC2. The van der Waals surface area contributed by atoms with E-state index >= 15 is 0 Å². The van der Waals surface area contributed by atoms with Gasteiger partial charge in [0.25, 0.3) is 5.91 Å². The first-order chi connectivity index (χ1) is 15.5. The van der Waals surface area contributed by atoms with Crippen molar-refractivity contribution in [3.05, 3.63) is 76.5 Å². The maximum Gasteiger partial charge on any atom is 0.341 e. The predicted octanol–water partition coefficient (Wildman–Crippen LogP) is 2.61. The molecule has 0 fully saturated rings. The van der Waals surface area contributed by atoms with E-state index in [2.05, 4.69) is 15.5 Å². The summed E-state index contributed by atoms with van der Waals surface area (Å²) in [5.74, 6) is -0.724. The summed E-state index contributed by atoms with van der Waals surface area (Å²) in [7, 11) is 0. The van der Waals surface area contributed by atoms with Crippen molar-refractivity contribution < 1.29 is 23.6 Å². The van der Waals surface area contributed by atoms with E-state index in [9.17, 15) is 9.59 Å². The molecule has 0 unspecified atom stereocenters. The largest absolute Gasteiger partial charge is 0.478 e. The number of fused-ring (bicyclic) bond motifs is 3. The van der Waals surface area contributed by atoms with Gasteiger partial charge in [0.1, 0.15) is 23.3 Å². The zero-order valence-corrected chi connectivity index (χ0v) is 17.2. The Morgan fingerprint density at radius 1 is 1.28 bits per heavy atom. The van der Waals surface area contributed by atoms with E-state index in [1.54, 1.807) is 6.20 Å². The van der Waals surface area contributed by atoms with Crippen LogP contribution in [-0.4, -0.2) is 36.9 Å². The van der Waals surface area contributed by atoms with Crippen molar-refractivity contribution in [2.45, 2.75) is 32.9 Å². The molecule has 0 spiro atoms. The van der Waals surface area contributed by atoms with E-state index in [1.165, 1.54) is 0 Å². The molecule has 0 aromatic carbocycles. The molecule has 10 heteroatoms. The number of furan rings is 1. The molecule has 0 aliphatic heterocycles. The summed E-state index contributed by atoms with van der Waals surface area (Å²) in [5.41, 5.74) is 4.39. The van der Waals surface area contributed by atoms with Gasteiger partial charge >= 0.3 is 5.97 Å². The van der Waals surface area contributed by atoms with Gasteiger partial charge in [0.05, 0.1) is 24.5 Å². The molecule has 10 nitrogen and oxygen atoms in total. The summed E-state index contributed by atoms with van der Waals surface area (Å²) in [5, 5.41) is 20.2. The number of carboxylic acid groups (broad SMARTS) is 1. The molecule has 2 N–H and O–H groups in total. The number of carboxylic acids is 1. The van der Waals surface area contributed by atoms with Crippen LogP contribution in [0.5, 0.6) is 0 Å². The van der Waals surface area contributed by atoms with E-state index in [1.807, 2.05) is 36.0 Å². The Morgan fingerprint density at radius 2 is 2.16 bits per heavy atom. The Bertz CT molecular complexity index is 1320. The highest BCUT2D eigenvalue weighted by atomic mass is 16.5. The molecule has 0 radical (unpaired) electrons. The van der Waals surface area contributed by atoms with Crippen LogP contribution < -0.4 is 5.32 Å². The van der Waals surface area contributed by atoms with Gasteiger partial charge in [-0.1, -0.05) is 11.2 Å². The Hall–Kier alpha value is -4.21. The molecule has 1 aliphatic rings. The summed E-state index contributed by atoms with van der Waals surface area (Å²) in [6, 6.07) is 5.76. The van der Waals surface area contributed by atoms with Crippen LogP contribution >= 0.6 is 0 Å². The number of aromatic carboxylic acids is 1. The maximum atomic E-state index is 12.8. The topological polar surface area (TPSA) is 136 Å². The summed E-state index contributed by atoms with van der Waals surface area (Å²) >= 11 is 0. The molecule has 0 atom stereocenters. The van der Waals surface area contributed by atoms with Crippen molar-refractivity contribution in [3.8, 4) is 11.3 Å². The molecular weight excluding hydrogens is 414 g/mol. The number of nitrogens with zero attached hydrogens (tertiary/aromatic N) is 4. The standard InChI is InChI=1S/C22H19N5O5/c1-12-18-17(32-20(12)21(28)24-8-16-15(22(29)30)11-31-26-16)6-5-13-9-27(25-19(13)18)10-14-4-2-3-7-23-14/h2-4,7,9,11H,5-6,8,10H2,1H3,(H,24,28)(H,29,30). The average Bonchev–Trinajstić information content (AvgIpc) is 3.49. The summed E-state index contributed by atoms with van der Waals surface area (Å²) in [6.07, 6.45) is 6.22. The van der Waals surface area contributed by atoms with E-state index in [0.29, 0.717) is 18.5 Å². The van der Waals surface area contributed by atoms with Crippen LogP contribution in [0.2, 0.25) is 0 Å². The summed E-state index contributed by atoms with van der Waals surface area (Å²) in [6.45, 7) is 2.28. The fraction of sp³-hybridized carbons (Fsp3) is 0.227. The average molecular weight is 433 g/mol. The number of carbonyl (C=O) groups excluding carboxylic acids is 1. The first-order valence-electron chi connectivity index (χ1n) is 10.0. The van der Waals surface area contributed by atoms with Crippen molar-refractivity contribution >= 4 is 11.9 Å². The van der Waals surface area contributed by atoms with Gasteiger partial charge in [0, 0.05) is 29.9 Å². The number of rotatable bonds is 6. The second-order valence-corrected chi connectivity index (χ2v) is 7.54. The zero-order valence-electron chi connectivity index (χ0n) is 17.2. The molecule has 5 rings (SSSR count). The fourth-order valence-electron chi connectivity index (χ4n) is 3.92. The molecule has 1 amide bonds. The Kier molecular flexibility index (Phi) is 4.81. The molecule has 0 saturated heterocycles. The smallest absolute Gasteiger partial charge is 0.341 e. The molecule has 32 heavy (non-hydrogen) atoms. The summed E-state index contributed by atoms with van der Waals surface area (Å²) < 4.78 is 12.4. The molecule has 1 aliphatic carbocycles. The van der Waals surface area contributed by atoms with E-state index in [-0.39, 0.29) is 23.6 Å². The van der Waals surface area contributed by atoms with Crippen molar-refractivity contribution in [2.24, 2.45) is 0 Å². The van der Waals surface area contributed by atoms with Gasteiger partial charge in [-0.15, -0.1) is 0 Å². The Morgan fingerprint density at radius 3 is 2.94 bits per heavy atom. The van der Waals surface area contributed by atoms with Crippen LogP contribution in [-0.2, 0) is 25.9 Å². The third-order valence-electron chi connectivity index (χ3n) is 5.46. The van der Waals surface area contributed by atoms with E-state index in [0.717, 1.165) is 41.0 Å². The van der Waals surface area contributed by atoms with Gasteiger partial charge in [-0.05, 0) is 31.0 Å². The van der Waals surface area contributed by atoms with Crippen LogP contribution in [0.4, 0.5) is 0 Å². The zero-order chi connectivity index (χ0) is 22.2. The molecule has 4 aromatic heterocycles. The van der Waals surface area contributed by atoms with Crippen LogP contribution in [0.1, 0.15) is 49.2 Å². The first-order valence-corrected chi connectivity index (χ1v) is 10.0. The number of amides is 1. The van der Waals surface area contributed by atoms with Crippen LogP contribution in [0, 0.1) is 6.92 Å². The van der Waals surface area contributed by atoms with Gasteiger partial charge in [0.15, 0.2) is 5.76 Å². The highest BCUT2D eigenvalue weighted by molar-refractivity contribution is 5.96. The third-order valence-corrected chi connectivity index (χ3v) is 5.46. The Labute approximate surface area is 181 Å². The minimum absolute atomic E-state index is 0.0915. The highest BCUT2D eigenvalue weighted by Gasteiger charge is 2.30. The fourth-order valence-corrected chi connectivity index (χ4v) is 3.92. The van der Waals surface area contributed by atoms with Gasteiger partial charge in [-0.25, -0.2) is 4.79 Å². The lowest BCUT2D eigenvalue weighted by molar-refractivity contribution is 0.0693. The predicted molar refractivity (Wildman–Crippen MR) is 110 cm³/mol. The second kappa shape index (κ2) is 7.80. The molecular formula is C22H19N5O5. The quantitative estimate of drug-likeness (QED) is 0.473. The van der Waals surface area contributed by atoms with Crippen molar-refractivity contribution in [3.63, 3.8) is 0 Å². The molecule has 4 heterocycles. The number of carbonyl (C=O) groups is 2. The van der Waals surface area contributed by atoms with Gasteiger partial charge < -0.3 is 19.4 Å². The van der Waals surface area contributed by atoms with Crippen LogP contribution in [0.15, 0.2) is 45.8 Å². The molecule has 0 bridgehead atoms. The lowest BCUT2D eigenvalue weighted by Crippen LogP contribution is -2.24. The van der Waals surface area contributed by atoms with Gasteiger partial charge in [-0.3, -0.25) is 14.5 Å². The lowest BCUT2D eigenvalue weighted by Gasteiger charge is -2.09. The number of hydrogen-bond donors (Lipinski definition) is 2. The normalized spacial score (nSPS) is 12.3. The van der Waals surface area contributed by atoms with Gasteiger partial charge in [0.2, 0.25) is 0 Å². The van der Waals surface area contributed by atoms with Crippen molar-refractivity contribution in [1.82, 2.24) is 25.2 Å². The Balaban J connectivity index is 1.38. The number of nitrogens with one attached hydrogen (secondary N) is 1. The molecule has 0 saturated carbocycles. The van der Waals surface area contributed by atoms with E-state index < -0.39 is 11.9 Å². The van der Waals surface area contributed by atoms with Crippen LogP contribution in [0.25, 0.3) is 11.3 Å². The van der Waals surface area contributed by atoms with Crippen molar-refractivity contribution in [2.75, 3.05) is 0 Å². The number of aryl methyl sites for hydroxylation is 2. The molecule has 4 aromatic rings. The highest BCUT2D eigenvalue weighted by Crippen LogP contribution is 2.38. The number of aromatic nitrogens is 4. The van der Waals surface area contributed by atoms with Crippen molar-refractivity contribution in [1.29, 1.82) is 0 Å². The minimum atomic E-state index is -1.17. The lowest BCUT2D eigenvalue weighted by atomic mass is 9.93.